The van der Waals surface area contributed by atoms with Gasteiger partial charge in [-0.3, -0.25) is 0 Å². The van der Waals surface area contributed by atoms with Crippen LogP contribution in [0.3, 0.4) is 0 Å². The van der Waals surface area contributed by atoms with E-state index in [0.29, 0.717) is 23.3 Å². The maximum atomic E-state index is 12.8. The first-order valence-corrected chi connectivity index (χ1v) is 4.48. The first-order chi connectivity index (χ1) is 6.16. The number of nitrogens with one attached hydrogen (secondary N) is 1. The zero-order chi connectivity index (χ0) is 9.42. The van der Waals surface area contributed by atoms with Crippen LogP contribution in [0.15, 0.2) is 18.2 Å². The van der Waals surface area contributed by atoms with Gasteiger partial charge in [0, 0.05) is 6.04 Å². The molecule has 1 aliphatic carbocycles. The van der Waals surface area contributed by atoms with Crippen LogP contribution in [-0.4, -0.2) is 6.04 Å². The number of rotatable bonds is 2. The van der Waals surface area contributed by atoms with Crippen molar-refractivity contribution >= 4 is 11.4 Å². The molecule has 70 valence electrons. The summed E-state index contributed by atoms with van der Waals surface area (Å²) in [7, 11) is 0. The van der Waals surface area contributed by atoms with E-state index in [4.69, 9.17) is 5.73 Å². The van der Waals surface area contributed by atoms with Crippen LogP contribution >= 0.6 is 0 Å². The van der Waals surface area contributed by atoms with Gasteiger partial charge in [-0.1, -0.05) is 6.92 Å². The summed E-state index contributed by atoms with van der Waals surface area (Å²) in [6, 6.07) is 4.88. The second kappa shape index (κ2) is 2.91. The van der Waals surface area contributed by atoms with Gasteiger partial charge in [-0.2, -0.15) is 0 Å². The summed E-state index contributed by atoms with van der Waals surface area (Å²) >= 11 is 0. The Morgan fingerprint density at radius 2 is 2.23 bits per heavy atom. The second-order valence-corrected chi connectivity index (χ2v) is 3.70. The zero-order valence-electron chi connectivity index (χ0n) is 7.55. The second-order valence-electron chi connectivity index (χ2n) is 3.70. The van der Waals surface area contributed by atoms with Crippen molar-refractivity contribution in [2.75, 3.05) is 11.1 Å². The lowest BCUT2D eigenvalue weighted by Crippen LogP contribution is -2.06. The van der Waals surface area contributed by atoms with Gasteiger partial charge in [0.1, 0.15) is 5.82 Å². The molecule has 13 heavy (non-hydrogen) atoms. The van der Waals surface area contributed by atoms with E-state index in [2.05, 4.69) is 12.2 Å². The number of benzene rings is 1. The number of nitrogen functional groups attached to an aromatic ring is 1. The minimum Gasteiger partial charge on any atom is -0.397 e. The van der Waals surface area contributed by atoms with Gasteiger partial charge >= 0.3 is 0 Å². The molecule has 2 unspecified atom stereocenters. The molecule has 1 aliphatic rings. The third kappa shape index (κ3) is 1.74. The van der Waals surface area contributed by atoms with Crippen LogP contribution in [0.5, 0.6) is 0 Å². The van der Waals surface area contributed by atoms with Gasteiger partial charge in [0.25, 0.3) is 0 Å². The maximum absolute atomic E-state index is 12.8. The molecule has 0 radical (unpaired) electrons. The SMILES string of the molecule is CC1CC1Nc1cc(F)ccc1N. The van der Waals surface area contributed by atoms with Gasteiger partial charge in [0.05, 0.1) is 11.4 Å². The van der Waals surface area contributed by atoms with Gasteiger partial charge in [-0.15, -0.1) is 0 Å². The fraction of sp³-hybridized carbons (Fsp3) is 0.400. The summed E-state index contributed by atoms with van der Waals surface area (Å²) in [6.45, 7) is 2.16. The molecule has 0 amide bonds. The average molecular weight is 180 g/mol. The lowest BCUT2D eigenvalue weighted by Gasteiger charge is -2.07. The highest BCUT2D eigenvalue weighted by Crippen LogP contribution is 2.34. The number of hydrogen-bond acceptors (Lipinski definition) is 2. The predicted molar refractivity (Wildman–Crippen MR) is 52.0 cm³/mol. The topological polar surface area (TPSA) is 38.0 Å². The van der Waals surface area contributed by atoms with Gasteiger partial charge in [0.2, 0.25) is 0 Å². The van der Waals surface area contributed by atoms with E-state index in [9.17, 15) is 4.39 Å². The summed E-state index contributed by atoms with van der Waals surface area (Å²) < 4.78 is 12.8. The van der Waals surface area contributed by atoms with E-state index in [1.807, 2.05) is 0 Å². The Bertz CT molecular complexity index is 325. The molecule has 0 spiro atoms. The smallest absolute Gasteiger partial charge is 0.125 e. The normalized spacial score (nSPS) is 25.7. The average Bonchev–Trinajstić information content (AvgIpc) is 2.75. The van der Waals surface area contributed by atoms with Gasteiger partial charge in [0.15, 0.2) is 0 Å². The van der Waals surface area contributed by atoms with Crippen molar-refractivity contribution in [3.63, 3.8) is 0 Å². The van der Waals surface area contributed by atoms with Crippen LogP contribution in [0, 0.1) is 11.7 Å². The minimum atomic E-state index is -0.245. The van der Waals surface area contributed by atoms with Gasteiger partial charge in [-0.25, -0.2) is 4.39 Å². The molecule has 1 aromatic carbocycles. The Morgan fingerprint density at radius 3 is 2.85 bits per heavy atom. The van der Waals surface area contributed by atoms with E-state index in [-0.39, 0.29) is 5.82 Å². The van der Waals surface area contributed by atoms with Crippen molar-refractivity contribution in [3.05, 3.63) is 24.0 Å². The van der Waals surface area contributed by atoms with Gasteiger partial charge in [-0.05, 0) is 30.5 Å². The first-order valence-electron chi connectivity index (χ1n) is 4.48. The lowest BCUT2D eigenvalue weighted by atomic mass is 10.2. The highest BCUT2D eigenvalue weighted by atomic mass is 19.1. The summed E-state index contributed by atoms with van der Waals surface area (Å²) in [5.74, 6) is 0.438. The highest BCUT2D eigenvalue weighted by Gasteiger charge is 2.32. The summed E-state index contributed by atoms with van der Waals surface area (Å²) in [6.07, 6.45) is 1.15. The molecule has 0 aromatic heterocycles. The Morgan fingerprint density at radius 1 is 1.54 bits per heavy atom. The van der Waals surface area contributed by atoms with Crippen molar-refractivity contribution in [1.29, 1.82) is 0 Å². The summed E-state index contributed by atoms with van der Waals surface area (Å²) in [4.78, 5) is 0. The van der Waals surface area contributed by atoms with Crippen LogP contribution in [-0.2, 0) is 0 Å². The Labute approximate surface area is 76.9 Å². The van der Waals surface area contributed by atoms with Gasteiger partial charge < -0.3 is 11.1 Å². The van der Waals surface area contributed by atoms with Crippen molar-refractivity contribution < 1.29 is 4.39 Å². The summed E-state index contributed by atoms with van der Waals surface area (Å²) in [5, 5.41) is 3.21. The largest absolute Gasteiger partial charge is 0.397 e. The molecule has 3 heteroatoms. The van der Waals surface area contributed by atoms with Crippen molar-refractivity contribution in [2.24, 2.45) is 5.92 Å². The molecule has 3 N–H and O–H groups in total. The fourth-order valence-corrected chi connectivity index (χ4v) is 1.38. The highest BCUT2D eigenvalue weighted by molar-refractivity contribution is 5.66. The minimum absolute atomic E-state index is 0.245. The standard InChI is InChI=1S/C10H13FN2/c1-6-4-9(6)13-10-5-7(11)2-3-8(10)12/h2-3,5-6,9,13H,4,12H2,1H3. The van der Waals surface area contributed by atoms with E-state index in [1.165, 1.54) is 12.1 Å². The van der Waals surface area contributed by atoms with E-state index in [1.54, 1.807) is 6.07 Å². The molecule has 0 aliphatic heterocycles. The van der Waals surface area contributed by atoms with E-state index in [0.717, 1.165) is 6.42 Å². The molecule has 2 atom stereocenters. The van der Waals surface area contributed by atoms with Crippen LogP contribution in [0.25, 0.3) is 0 Å². The third-order valence-corrected chi connectivity index (χ3v) is 2.47. The number of halogens is 1. The Balaban J connectivity index is 2.14. The van der Waals surface area contributed by atoms with Crippen LogP contribution < -0.4 is 11.1 Å². The fourth-order valence-electron chi connectivity index (χ4n) is 1.38. The first kappa shape index (κ1) is 8.35. The zero-order valence-corrected chi connectivity index (χ0v) is 7.55. The lowest BCUT2D eigenvalue weighted by molar-refractivity contribution is 0.628. The van der Waals surface area contributed by atoms with Crippen LogP contribution in [0.1, 0.15) is 13.3 Å². The van der Waals surface area contributed by atoms with E-state index < -0.39 is 0 Å². The molecule has 1 aromatic rings. The van der Waals surface area contributed by atoms with Crippen molar-refractivity contribution in [3.8, 4) is 0 Å². The van der Waals surface area contributed by atoms with E-state index >= 15 is 0 Å². The molecule has 1 saturated carbocycles. The third-order valence-electron chi connectivity index (χ3n) is 2.47. The molecular formula is C10H13FN2. The molecule has 2 nitrogen and oxygen atoms in total. The number of nitrogens with two attached hydrogens (primary N) is 1. The van der Waals surface area contributed by atoms with Crippen LogP contribution in [0.2, 0.25) is 0 Å². The number of hydrogen-bond donors (Lipinski definition) is 2. The Kier molecular flexibility index (Phi) is 1.87. The van der Waals surface area contributed by atoms with Crippen LogP contribution in [0.4, 0.5) is 15.8 Å². The van der Waals surface area contributed by atoms with Crippen molar-refractivity contribution in [2.45, 2.75) is 19.4 Å². The monoisotopic (exact) mass is 180 g/mol. The molecule has 1 fully saturated rings. The number of anilines is 2. The van der Waals surface area contributed by atoms with Crippen molar-refractivity contribution in [1.82, 2.24) is 0 Å². The summed E-state index contributed by atoms with van der Waals surface area (Å²) in [5.41, 5.74) is 7.01. The molecular weight excluding hydrogens is 167 g/mol. The molecule has 0 bridgehead atoms. The predicted octanol–water partition coefficient (Wildman–Crippen LogP) is 2.23. The quantitative estimate of drug-likeness (QED) is 0.685. The molecule has 2 rings (SSSR count). The maximum Gasteiger partial charge on any atom is 0.125 e. The molecule has 0 saturated heterocycles. The molecule has 0 heterocycles. The Hall–Kier alpha value is -1.25.